The van der Waals surface area contributed by atoms with Crippen molar-refractivity contribution in [2.24, 2.45) is 23.7 Å². The van der Waals surface area contributed by atoms with Gasteiger partial charge in [0.15, 0.2) is 0 Å². The Bertz CT molecular complexity index is 811. The summed E-state index contributed by atoms with van der Waals surface area (Å²) < 4.78 is 0. The highest BCUT2D eigenvalue weighted by Gasteiger charge is 2.66. The second-order valence-electron chi connectivity index (χ2n) is 7.20. The van der Waals surface area contributed by atoms with E-state index in [-0.39, 0.29) is 57.2 Å². The number of rotatable bonds is 4. The number of carboxylic acids is 1. The molecule has 0 spiro atoms. The first-order valence-electron chi connectivity index (χ1n) is 8.56. The summed E-state index contributed by atoms with van der Waals surface area (Å²) in [5.41, 5.74) is 0.514. The lowest BCUT2D eigenvalue weighted by atomic mass is 9.81. The van der Waals surface area contributed by atoms with Crippen LogP contribution in [0.25, 0.3) is 0 Å². The fourth-order valence-electron chi connectivity index (χ4n) is 4.61. The zero-order valence-electron chi connectivity index (χ0n) is 14.0. The summed E-state index contributed by atoms with van der Waals surface area (Å²) in [5, 5.41) is 11.5. The molecular weight excluding hydrogens is 484 g/mol. The fourth-order valence-corrected chi connectivity index (χ4v) is 6.48. The Kier molecular flexibility index (Phi) is 4.62. The molecule has 6 atom stereocenters. The van der Waals surface area contributed by atoms with Crippen LogP contribution in [0.5, 0.6) is 0 Å². The molecule has 0 aromatic heterocycles. The molecule has 142 valence electrons. The molecule has 0 unspecified atom stereocenters. The number of halogens is 2. The van der Waals surface area contributed by atoms with Gasteiger partial charge in [-0.3, -0.25) is 19.3 Å². The van der Waals surface area contributed by atoms with Crippen molar-refractivity contribution < 1.29 is 24.3 Å². The van der Waals surface area contributed by atoms with Crippen LogP contribution in [0.4, 0.5) is 5.69 Å². The third-order valence-corrected chi connectivity index (χ3v) is 9.00. The van der Waals surface area contributed by atoms with Crippen molar-refractivity contribution in [1.82, 2.24) is 4.90 Å². The van der Waals surface area contributed by atoms with Crippen LogP contribution in [0.3, 0.4) is 0 Å². The van der Waals surface area contributed by atoms with Crippen molar-refractivity contribution in [1.29, 1.82) is 0 Å². The van der Waals surface area contributed by atoms with Gasteiger partial charge >= 0.3 is 5.97 Å². The molecule has 1 aromatic rings. The second kappa shape index (κ2) is 6.70. The summed E-state index contributed by atoms with van der Waals surface area (Å²) >= 11 is 7.25. The lowest BCUT2D eigenvalue weighted by Gasteiger charge is -2.28. The van der Waals surface area contributed by atoms with Crippen LogP contribution >= 0.6 is 31.9 Å². The molecule has 3 amide bonds. The molecule has 9 heteroatoms. The molecule has 27 heavy (non-hydrogen) atoms. The SMILES string of the molecule is O=C(CN1C(=O)[C@H]2[C@@H]3C[C@@H]([C@@H](Br)[C@H]3Br)[C@@H]2C1=O)Nc1ccc(C(=O)O)cc1. The van der Waals surface area contributed by atoms with Gasteiger partial charge in [0.25, 0.3) is 0 Å². The van der Waals surface area contributed by atoms with Crippen LogP contribution in [-0.2, 0) is 14.4 Å². The van der Waals surface area contributed by atoms with Crippen molar-refractivity contribution in [2.75, 3.05) is 11.9 Å². The van der Waals surface area contributed by atoms with Gasteiger partial charge in [-0.2, -0.15) is 0 Å². The number of nitrogens with zero attached hydrogens (tertiary/aromatic N) is 1. The van der Waals surface area contributed by atoms with Gasteiger partial charge in [0.1, 0.15) is 6.54 Å². The summed E-state index contributed by atoms with van der Waals surface area (Å²) in [5.74, 6) is -2.55. The minimum atomic E-state index is -1.06. The van der Waals surface area contributed by atoms with Gasteiger partial charge in [0.05, 0.1) is 17.4 Å². The Labute approximate surface area is 171 Å². The highest BCUT2D eigenvalue weighted by Crippen LogP contribution is 2.60. The molecular formula is C18H16Br2N2O5. The Balaban J connectivity index is 1.44. The van der Waals surface area contributed by atoms with Crippen LogP contribution in [-0.4, -0.2) is 49.9 Å². The van der Waals surface area contributed by atoms with E-state index in [0.29, 0.717) is 5.69 Å². The van der Waals surface area contributed by atoms with E-state index in [1.165, 1.54) is 24.3 Å². The van der Waals surface area contributed by atoms with Crippen LogP contribution < -0.4 is 5.32 Å². The lowest BCUT2D eigenvalue weighted by molar-refractivity contribution is -0.143. The molecule has 2 saturated carbocycles. The first-order chi connectivity index (χ1) is 12.8. The monoisotopic (exact) mass is 498 g/mol. The van der Waals surface area contributed by atoms with Gasteiger partial charge < -0.3 is 10.4 Å². The topological polar surface area (TPSA) is 104 Å². The van der Waals surface area contributed by atoms with Crippen LogP contribution in [0, 0.1) is 23.7 Å². The molecule has 3 aliphatic rings. The van der Waals surface area contributed by atoms with E-state index >= 15 is 0 Å². The second-order valence-corrected chi connectivity index (χ2v) is 9.31. The summed E-state index contributed by atoms with van der Waals surface area (Å²) in [6.45, 7) is -0.329. The number of benzene rings is 1. The predicted molar refractivity (Wildman–Crippen MR) is 103 cm³/mol. The summed E-state index contributed by atoms with van der Waals surface area (Å²) in [7, 11) is 0. The highest BCUT2D eigenvalue weighted by atomic mass is 79.9. The van der Waals surface area contributed by atoms with E-state index in [1.807, 2.05) is 0 Å². The Morgan fingerprint density at radius 3 is 2.04 bits per heavy atom. The van der Waals surface area contributed by atoms with E-state index in [2.05, 4.69) is 37.2 Å². The van der Waals surface area contributed by atoms with Crippen molar-refractivity contribution >= 4 is 61.2 Å². The molecule has 2 bridgehead atoms. The first kappa shape index (κ1) is 18.6. The zero-order valence-corrected chi connectivity index (χ0v) is 17.1. The zero-order chi connectivity index (χ0) is 19.5. The number of likely N-dealkylation sites (tertiary alicyclic amines) is 1. The number of nitrogens with one attached hydrogen (secondary N) is 1. The third kappa shape index (κ3) is 2.91. The molecule has 1 aromatic carbocycles. The van der Waals surface area contributed by atoms with Gasteiger partial charge in [-0.1, -0.05) is 31.9 Å². The molecule has 1 heterocycles. The number of alkyl halides is 2. The molecule has 2 aliphatic carbocycles. The molecule has 0 radical (unpaired) electrons. The number of carbonyl (C=O) groups excluding carboxylic acids is 3. The number of anilines is 1. The summed E-state index contributed by atoms with van der Waals surface area (Å²) in [6.07, 6.45) is 0.842. The fraction of sp³-hybridized carbons (Fsp3) is 0.444. The number of hydrogen-bond donors (Lipinski definition) is 2. The van der Waals surface area contributed by atoms with Crippen LogP contribution in [0.2, 0.25) is 0 Å². The number of aromatic carboxylic acids is 1. The maximum absolute atomic E-state index is 12.8. The van der Waals surface area contributed by atoms with Gasteiger partial charge in [-0.05, 0) is 42.5 Å². The highest BCUT2D eigenvalue weighted by molar-refractivity contribution is 9.12. The standard InChI is InChI=1S/C18H16Br2N2O5/c19-14-9-5-10(15(14)20)13-12(9)16(24)22(17(13)25)6-11(23)21-8-3-1-7(2-4-8)18(26)27/h1-4,9-10,12-15H,5-6H2,(H,21,23)(H,26,27)/t9-,10+,12-,13-,14-,15+/m0/s1. The molecule has 1 aliphatic heterocycles. The van der Waals surface area contributed by atoms with E-state index in [9.17, 15) is 19.2 Å². The Morgan fingerprint density at radius 1 is 1.04 bits per heavy atom. The Morgan fingerprint density at radius 2 is 1.56 bits per heavy atom. The molecule has 1 saturated heterocycles. The van der Waals surface area contributed by atoms with Crippen molar-refractivity contribution in [3.63, 3.8) is 0 Å². The average molecular weight is 500 g/mol. The van der Waals surface area contributed by atoms with Crippen molar-refractivity contribution in [2.45, 2.75) is 16.1 Å². The van der Waals surface area contributed by atoms with Crippen molar-refractivity contribution in [3.05, 3.63) is 29.8 Å². The predicted octanol–water partition coefficient (Wildman–Crippen LogP) is 2.10. The van der Waals surface area contributed by atoms with E-state index < -0.39 is 11.9 Å². The van der Waals surface area contributed by atoms with E-state index in [1.54, 1.807) is 0 Å². The summed E-state index contributed by atoms with van der Waals surface area (Å²) in [4.78, 5) is 50.1. The maximum Gasteiger partial charge on any atom is 0.335 e. The number of imide groups is 1. The Hall–Kier alpha value is -1.74. The minimum absolute atomic E-state index is 0.106. The van der Waals surface area contributed by atoms with E-state index in [4.69, 9.17) is 5.11 Å². The van der Waals surface area contributed by atoms with Crippen LogP contribution in [0.1, 0.15) is 16.8 Å². The number of carbonyl (C=O) groups is 4. The number of fused-ring (bicyclic) bond motifs is 5. The largest absolute Gasteiger partial charge is 0.478 e. The molecule has 4 rings (SSSR count). The van der Waals surface area contributed by atoms with Gasteiger partial charge in [-0.25, -0.2) is 4.79 Å². The molecule has 3 fully saturated rings. The quantitative estimate of drug-likeness (QED) is 0.487. The number of carboxylic acid groups (broad SMARTS) is 1. The first-order valence-corrected chi connectivity index (χ1v) is 10.4. The number of amides is 3. The van der Waals surface area contributed by atoms with Gasteiger partial charge in [-0.15, -0.1) is 0 Å². The van der Waals surface area contributed by atoms with E-state index in [0.717, 1.165) is 11.3 Å². The minimum Gasteiger partial charge on any atom is -0.478 e. The maximum atomic E-state index is 12.8. The normalized spacial score (nSPS) is 34.1. The molecule has 2 N–H and O–H groups in total. The van der Waals surface area contributed by atoms with Gasteiger partial charge in [0, 0.05) is 15.3 Å². The lowest BCUT2D eigenvalue weighted by Crippen LogP contribution is -2.39. The van der Waals surface area contributed by atoms with Gasteiger partial charge in [0.2, 0.25) is 17.7 Å². The average Bonchev–Trinajstić information content (AvgIpc) is 3.23. The smallest absolute Gasteiger partial charge is 0.335 e. The summed E-state index contributed by atoms with van der Waals surface area (Å²) in [6, 6.07) is 5.68. The third-order valence-electron chi connectivity index (χ3n) is 5.80. The number of hydrogen-bond acceptors (Lipinski definition) is 4. The molecule has 7 nitrogen and oxygen atoms in total. The van der Waals surface area contributed by atoms with Crippen LogP contribution in [0.15, 0.2) is 24.3 Å². The van der Waals surface area contributed by atoms with Crippen molar-refractivity contribution in [3.8, 4) is 0 Å².